The minimum absolute atomic E-state index is 0.282. The van der Waals surface area contributed by atoms with Gasteiger partial charge in [0.25, 0.3) is 0 Å². The molecule has 0 amide bonds. The fourth-order valence-electron chi connectivity index (χ4n) is 4.99. The van der Waals surface area contributed by atoms with E-state index < -0.39 is 0 Å². The van der Waals surface area contributed by atoms with E-state index in [1.807, 2.05) is 66.7 Å². The highest BCUT2D eigenvalue weighted by molar-refractivity contribution is 5.89. The minimum atomic E-state index is -0.323. The smallest absolute Gasteiger partial charge is 0.337 e. The largest absolute Gasteiger partial charge is 0.493 e. The summed E-state index contributed by atoms with van der Waals surface area (Å²) >= 11 is 0. The number of esters is 1. The Balaban J connectivity index is 1.37. The molecule has 0 spiro atoms. The lowest BCUT2D eigenvalue weighted by molar-refractivity contribution is 0.0600. The number of methoxy groups -OCH3 is 1. The van der Waals surface area contributed by atoms with E-state index in [0.29, 0.717) is 17.7 Å². The number of carbonyl (C=O) groups excluding carboxylic acids is 1. The number of rotatable bonds is 15. The molecule has 0 aromatic heterocycles. The molecular formula is C38H39NO3. The number of allylic oxidation sites excluding steroid dienone is 1. The van der Waals surface area contributed by atoms with Crippen LogP contribution in [0.5, 0.6) is 5.75 Å². The minimum Gasteiger partial charge on any atom is -0.493 e. The first kappa shape index (κ1) is 30.3. The molecule has 4 heteroatoms. The van der Waals surface area contributed by atoms with Gasteiger partial charge < -0.3 is 9.47 Å². The fourth-order valence-corrected chi connectivity index (χ4v) is 4.99. The summed E-state index contributed by atoms with van der Waals surface area (Å²) in [6, 6.07) is 36.5. The van der Waals surface area contributed by atoms with Crippen LogP contribution in [0.25, 0.3) is 6.08 Å². The van der Waals surface area contributed by atoms with Crippen molar-refractivity contribution >= 4 is 12.0 Å². The fraction of sp³-hybridized carbons (Fsp3) is 0.263. The van der Waals surface area contributed by atoms with Crippen LogP contribution < -0.4 is 4.74 Å². The second kappa shape index (κ2) is 16.6. The van der Waals surface area contributed by atoms with Crippen LogP contribution in [0.4, 0.5) is 0 Å². The summed E-state index contributed by atoms with van der Waals surface area (Å²) < 4.78 is 11.0. The molecule has 0 aliphatic rings. The lowest BCUT2D eigenvalue weighted by atomic mass is 9.91. The van der Waals surface area contributed by atoms with Gasteiger partial charge in [0, 0.05) is 5.56 Å². The van der Waals surface area contributed by atoms with Gasteiger partial charge in [0.1, 0.15) is 5.75 Å². The molecule has 1 unspecified atom stereocenters. The van der Waals surface area contributed by atoms with Gasteiger partial charge in [-0.05, 0) is 97.9 Å². The van der Waals surface area contributed by atoms with E-state index in [2.05, 4.69) is 54.6 Å². The first-order valence-corrected chi connectivity index (χ1v) is 14.7. The normalized spacial score (nSPS) is 11.6. The zero-order chi connectivity index (χ0) is 29.4. The van der Waals surface area contributed by atoms with Crippen molar-refractivity contribution in [2.45, 2.75) is 44.9 Å². The number of benzene rings is 4. The Morgan fingerprint density at radius 3 is 2.21 bits per heavy atom. The maximum absolute atomic E-state index is 11.8. The topological polar surface area (TPSA) is 59.3 Å². The van der Waals surface area contributed by atoms with Gasteiger partial charge in [-0.1, -0.05) is 84.9 Å². The quantitative estimate of drug-likeness (QED) is 0.108. The molecule has 4 rings (SSSR count). The maximum Gasteiger partial charge on any atom is 0.337 e. The van der Waals surface area contributed by atoms with Crippen LogP contribution in [0, 0.1) is 17.2 Å². The summed E-state index contributed by atoms with van der Waals surface area (Å²) in [5, 5.41) is 9.18. The second-order valence-corrected chi connectivity index (χ2v) is 10.5. The SMILES string of the molecule is COC(=O)c1ccc(CCC(C=Cc2ccccc2OCCCCCc2ccccc2)Cc2ccc(C#N)cc2)cc1. The third-order valence-electron chi connectivity index (χ3n) is 7.44. The zero-order valence-corrected chi connectivity index (χ0v) is 24.4. The Hall–Kier alpha value is -4.62. The molecule has 0 saturated carbocycles. The molecule has 0 radical (unpaired) electrons. The van der Waals surface area contributed by atoms with Crippen molar-refractivity contribution in [1.82, 2.24) is 0 Å². The van der Waals surface area contributed by atoms with Crippen molar-refractivity contribution in [1.29, 1.82) is 5.26 Å². The van der Waals surface area contributed by atoms with Crippen molar-refractivity contribution in [3.05, 3.63) is 143 Å². The Morgan fingerprint density at radius 1 is 0.786 bits per heavy atom. The van der Waals surface area contributed by atoms with E-state index in [1.165, 1.54) is 23.8 Å². The van der Waals surface area contributed by atoms with E-state index >= 15 is 0 Å². The van der Waals surface area contributed by atoms with Crippen LogP contribution >= 0.6 is 0 Å². The molecule has 1 atom stereocenters. The van der Waals surface area contributed by atoms with E-state index in [0.717, 1.165) is 56.3 Å². The van der Waals surface area contributed by atoms with E-state index in [4.69, 9.17) is 9.47 Å². The van der Waals surface area contributed by atoms with Crippen LogP contribution in [0.1, 0.15) is 63.9 Å². The molecule has 4 aromatic carbocycles. The average molecular weight is 558 g/mol. The highest BCUT2D eigenvalue weighted by Crippen LogP contribution is 2.24. The molecule has 0 aliphatic carbocycles. The Morgan fingerprint density at radius 2 is 1.48 bits per heavy atom. The van der Waals surface area contributed by atoms with Crippen molar-refractivity contribution in [2.24, 2.45) is 5.92 Å². The Kier molecular flexibility index (Phi) is 12.0. The zero-order valence-electron chi connectivity index (χ0n) is 24.4. The van der Waals surface area contributed by atoms with E-state index in [1.54, 1.807) is 0 Å². The van der Waals surface area contributed by atoms with Crippen LogP contribution in [-0.4, -0.2) is 19.7 Å². The average Bonchev–Trinajstić information content (AvgIpc) is 3.05. The monoisotopic (exact) mass is 557 g/mol. The summed E-state index contributed by atoms with van der Waals surface area (Å²) in [6.07, 6.45) is 11.6. The number of ether oxygens (including phenoxy) is 2. The molecule has 214 valence electrons. The number of hydrogen-bond acceptors (Lipinski definition) is 4. The predicted molar refractivity (Wildman–Crippen MR) is 169 cm³/mol. The lowest BCUT2D eigenvalue weighted by Crippen LogP contribution is -2.05. The van der Waals surface area contributed by atoms with E-state index in [-0.39, 0.29) is 11.9 Å². The molecule has 0 bridgehead atoms. The Labute approximate surface area is 250 Å². The van der Waals surface area contributed by atoms with Crippen LogP contribution in [0.3, 0.4) is 0 Å². The highest BCUT2D eigenvalue weighted by atomic mass is 16.5. The highest BCUT2D eigenvalue weighted by Gasteiger charge is 2.10. The summed E-state index contributed by atoms with van der Waals surface area (Å²) in [6.45, 7) is 0.704. The summed E-state index contributed by atoms with van der Waals surface area (Å²) in [5.74, 6) is 0.868. The molecule has 0 aliphatic heterocycles. The number of aryl methyl sites for hydroxylation is 2. The summed E-state index contributed by atoms with van der Waals surface area (Å²) in [4.78, 5) is 11.8. The molecule has 4 nitrogen and oxygen atoms in total. The van der Waals surface area contributed by atoms with Crippen molar-refractivity contribution in [2.75, 3.05) is 13.7 Å². The molecular weight excluding hydrogens is 518 g/mol. The van der Waals surface area contributed by atoms with Gasteiger partial charge in [0.15, 0.2) is 0 Å². The van der Waals surface area contributed by atoms with Crippen LogP contribution in [0.15, 0.2) is 109 Å². The lowest BCUT2D eigenvalue weighted by Gasteiger charge is -2.15. The third-order valence-corrected chi connectivity index (χ3v) is 7.44. The van der Waals surface area contributed by atoms with Gasteiger partial charge in [0.2, 0.25) is 0 Å². The number of nitrogens with zero attached hydrogens (tertiary/aromatic N) is 1. The van der Waals surface area contributed by atoms with Gasteiger partial charge in [-0.25, -0.2) is 4.79 Å². The predicted octanol–water partition coefficient (Wildman–Crippen LogP) is 8.64. The number of para-hydroxylation sites is 1. The summed E-state index contributed by atoms with van der Waals surface area (Å²) in [5.41, 5.74) is 6.07. The molecule has 0 saturated heterocycles. The van der Waals surface area contributed by atoms with E-state index in [9.17, 15) is 10.1 Å². The first-order chi connectivity index (χ1) is 20.6. The maximum atomic E-state index is 11.8. The number of nitriles is 1. The van der Waals surface area contributed by atoms with Gasteiger partial charge >= 0.3 is 5.97 Å². The number of carbonyl (C=O) groups is 1. The Bertz CT molecular complexity index is 1450. The third kappa shape index (κ3) is 9.78. The van der Waals surface area contributed by atoms with Gasteiger partial charge in [-0.15, -0.1) is 0 Å². The van der Waals surface area contributed by atoms with Gasteiger partial charge in [0.05, 0.1) is 30.9 Å². The van der Waals surface area contributed by atoms with Gasteiger partial charge in [-0.2, -0.15) is 5.26 Å². The standard InChI is InChI=1S/C38H39NO3/c1-41-38(40)36-25-21-31(22-26-36)15-16-33(28-32-17-19-34(29-39)20-18-32)23-24-35-13-7-8-14-37(35)42-27-9-3-6-12-30-10-4-2-5-11-30/h2,4-5,7-8,10-11,13-14,17-26,33H,3,6,9,12,15-16,27-28H2,1H3. The number of unbranched alkanes of at least 4 members (excludes halogenated alkanes) is 2. The number of hydrogen-bond donors (Lipinski definition) is 0. The van der Waals surface area contributed by atoms with Crippen molar-refractivity contribution in [3.8, 4) is 11.8 Å². The van der Waals surface area contributed by atoms with Crippen LogP contribution in [-0.2, 0) is 24.0 Å². The summed E-state index contributed by atoms with van der Waals surface area (Å²) in [7, 11) is 1.40. The molecule has 4 aromatic rings. The second-order valence-electron chi connectivity index (χ2n) is 10.5. The van der Waals surface area contributed by atoms with Crippen molar-refractivity contribution in [3.63, 3.8) is 0 Å². The molecule has 0 heterocycles. The molecule has 0 N–H and O–H groups in total. The first-order valence-electron chi connectivity index (χ1n) is 14.7. The van der Waals surface area contributed by atoms with Gasteiger partial charge in [-0.3, -0.25) is 0 Å². The van der Waals surface area contributed by atoms with Crippen molar-refractivity contribution < 1.29 is 14.3 Å². The molecule has 42 heavy (non-hydrogen) atoms. The molecule has 0 fully saturated rings. The van der Waals surface area contributed by atoms with Crippen LogP contribution in [0.2, 0.25) is 0 Å².